The van der Waals surface area contributed by atoms with Crippen molar-refractivity contribution in [2.45, 2.75) is 46.1 Å². The predicted molar refractivity (Wildman–Crippen MR) is 87.1 cm³/mol. The van der Waals surface area contributed by atoms with Gasteiger partial charge in [-0.25, -0.2) is 4.98 Å². The maximum Gasteiger partial charge on any atom is 0.232 e. The number of anilines is 1. The second-order valence-corrected chi connectivity index (χ2v) is 8.13. The zero-order chi connectivity index (χ0) is 16.3. The van der Waals surface area contributed by atoms with Gasteiger partial charge >= 0.3 is 0 Å². The topological polar surface area (TPSA) is 62.2 Å². The van der Waals surface area contributed by atoms with Gasteiger partial charge < -0.3 is 10.4 Å². The number of rotatable bonds is 2. The SMILES string of the molecule is CC1(C)[C@]2(C(=O)Nc3ncc(Cl)cc3Cl)CC[C@]1(C)[C@H](O)C2. The Hall–Kier alpha value is -0.840. The van der Waals surface area contributed by atoms with Gasteiger partial charge in [0.1, 0.15) is 0 Å². The fourth-order valence-electron chi connectivity index (χ4n) is 4.36. The summed E-state index contributed by atoms with van der Waals surface area (Å²) < 4.78 is 0. The van der Waals surface area contributed by atoms with E-state index in [1.54, 1.807) is 6.07 Å². The Labute approximate surface area is 140 Å². The first-order valence-corrected chi connectivity index (χ1v) is 8.20. The first-order valence-electron chi connectivity index (χ1n) is 7.45. The minimum Gasteiger partial charge on any atom is -0.393 e. The minimum absolute atomic E-state index is 0.116. The van der Waals surface area contributed by atoms with Crippen molar-refractivity contribution in [3.05, 3.63) is 22.3 Å². The van der Waals surface area contributed by atoms with E-state index in [9.17, 15) is 9.90 Å². The quantitative estimate of drug-likeness (QED) is 0.856. The number of hydrogen-bond donors (Lipinski definition) is 2. The molecule has 3 rings (SSSR count). The normalized spacial score (nSPS) is 35.6. The summed E-state index contributed by atoms with van der Waals surface area (Å²) in [5.41, 5.74) is -1.12. The lowest BCUT2D eigenvalue weighted by Crippen LogP contribution is -2.43. The highest BCUT2D eigenvalue weighted by Gasteiger charge is 2.72. The molecule has 3 atom stereocenters. The van der Waals surface area contributed by atoms with Crippen LogP contribution in [0, 0.1) is 16.2 Å². The van der Waals surface area contributed by atoms with E-state index in [2.05, 4.69) is 31.1 Å². The van der Waals surface area contributed by atoms with Gasteiger partial charge in [0.2, 0.25) is 5.91 Å². The van der Waals surface area contributed by atoms with Crippen molar-refractivity contribution < 1.29 is 9.90 Å². The standard InChI is InChI=1S/C16H20Cl2N2O2/c1-14(2)15(3)4-5-16(14,7-11(15)21)13(22)20-12-10(18)6-9(17)8-19-12/h6,8,11,21H,4-5,7H2,1-3H3,(H,19,20,22)/t11-,15-,16-/m1/s1. The Kier molecular flexibility index (Phi) is 3.52. The predicted octanol–water partition coefficient (Wildman–Crippen LogP) is 3.90. The van der Waals surface area contributed by atoms with E-state index in [0.29, 0.717) is 22.3 Å². The largest absolute Gasteiger partial charge is 0.393 e. The van der Waals surface area contributed by atoms with Crippen molar-refractivity contribution in [3.8, 4) is 0 Å². The van der Waals surface area contributed by atoms with Gasteiger partial charge in [-0.3, -0.25) is 4.79 Å². The van der Waals surface area contributed by atoms with Crippen molar-refractivity contribution in [1.82, 2.24) is 4.98 Å². The molecule has 1 aromatic heterocycles. The first-order chi connectivity index (χ1) is 10.1. The molecule has 2 saturated carbocycles. The van der Waals surface area contributed by atoms with E-state index in [-0.39, 0.29) is 16.7 Å². The molecule has 1 heterocycles. The summed E-state index contributed by atoms with van der Waals surface area (Å²) in [6, 6.07) is 1.55. The lowest BCUT2D eigenvalue weighted by molar-refractivity contribution is -0.130. The van der Waals surface area contributed by atoms with Gasteiger partial charge in [-0.1, -0.05) is 44.0 Å². The Morgan fingerprint density at radius 2 is 2.05 bits per heavy atom. The van der Waals surface area contributed by atoms with Crippen LogP contribution in [0.2, 0.25) is 10.0 Å². The van der Waals surface area contributed by atoms with Gasteiger partial charge in [-0.05, 0) is 36.2 Å². The van der Waals surface area contributed by atoms with Gasteiger partial charge in [0, 0.05) is 6.20 Å². The van der Waals surface area contributed by atoms with Gasteiger partial charge in [-0.15, -0.1) is 0 Å². The number of pyridine rings is 1. The number of nitrogens with zero attached hydrogens (tertiary/aromatic N) is 1. The number of aliphatic hydroxyl groups is 1. The van der Waals surface area contributed by atoms with E-state index in [0.717, 1.165) is 12.8 Å². The third-order valence-electron chi connectivity index (χ3n) is 6.45. The van der Waals surface area contributed by atoms with Crippen LogP contribution in [-0.4, -0.2) is 22.1 Å². The maximum atomic E-state index is 13.0. The molecule has 2 aliphatic rings. The first kappa shape index (κ1) is 16.0. The van der Waals surface area contributed by atoms with Crippen LogP contribution < -0.4 is 5.32 Å². The molecule has 0 aliphatic heterocycles. The summed E-state index contributed by atoms with van der Waals surface area (Å²) in [5, 5.41) is 14.0. The number of halogens is 2. The van der Waals surface area contributed by atoms with Crippen LogP contribution in [0.25, 0.3) is 0 Å². The number of nitrogens with one attached hydrogen (secondary N) is 1. The molecule has 2 fully saturated rings. The zero-order valence-electron chi connectivity index (χ0n) is 12.9. The van der Waals surface area contributed by atoms with Crippen molar-refractivity contribution >= 4 is 34.9 Å². The number of aromatic nitrogens is 1. The van der Waals surface area contributed by atoms with Gasteiger partial charge in [0.05, 0.1) is 21.6 Å². The Morgan fingerprint density at radius 3 is 2.55 bits per heavy atom. The molecule has 2 bridgehead atoms. The molecule has 22 heavy (non-hydrogen) atoms. The average Bonchev–Trinajstić information content (AvgIpc) is 2.72. The van der Waals surface area contributed by atoms with Crippen molar-refractivity contribution in [2.24, 2.45) is 16.2 Å². The molecule has 0 aromatic carbocycles. The summed E-state index contributed by atoms with van der Waals surface area (Å²) in [4.78, 5) is 17.1. The average molecular weight is 343 g/mol. The van der Waals surface area contributed by atoms with E-state index < -0.39 is 11.5 Å². The number of aliphatic hydroxyl groups excluding tert-OH is 1. The number of carbonyl (C=O) groups is 1. The summed E-state index contributed by atoms with van der Waals surface area (Å²) in [5.74, 6) is 0.200. The number of amides is 1. The molecule has 2 aliphatic carbocycles. The van der Waals surface area contributed by atoms with Crippen molar-refractivity contribution in [3.63, 3.8) is 0 Å². The summed E-state index contributed by atoms with van der Waals surface area (Å²) in [6.07, 6.45) is 3.08. The van der Waals surface area contributed by atoms with Crippen LogP contribution in [0.5, 0.6) is 0 Å². The van der Waals surface area contributed by atoms with E-state index in [4.69, 9.17) is 23.2 Å². The molecule has 120 valence electrons. The fraction of sp³-hybridized carbons (Fsp3) is 0.625. The molecule has 1 amide bonds. The van der Waals surface area contributed by atoms with Crippen molar-refractivity contribution in [1.29, 1.82) is 0 Å². The molecule has 0 unspecified atom stereocenters. The van der Waals surface area contributed by atoms with Crippen LogP contribution in [-0.2, 0) is 4.79 Å². The highest BCUT2D eigenvalue weighted by molar-refractivity contribution is 6.36. The van der Waals surface area contributed by atoms with Gasteiger partial charge in [0.25, 0.3) is 0 Å². The second kappa shape index (κ2) is 4.83. The molecule has 0 saturated heterocycles. The summed E-state index contributed by atoms with van der Waals surface area (Å²) in [7, 11) is 0. The molecular weight excluding hydrogens is 323 g/mol. The van der Waals surface area contributed by atoms with Gasteiger partial charge in [0.15, 0.2) is 5.82 Å². The van der Waals surface area contributed by atoms with Crippen LogP contribution in [0.3, 0.4) is 0 Å². The lowest BCUT2D eigenvalue weighted by atomic mass is 9.64. The second-order valence-electron chi connectivity index (χ2n) is 7.28. The summed E-state index contributed by atoms with van der Waals surface area (Å²) in [6.45, 7) is 6.23. The molecule has 2 N–H and O–H groups in total. The summed E-state index contributed by atoms with van der Waals surface area (Å²) >= 11 is 11.9. The van der Waals surface area contributed by atoms with Crippen LogP contribution >= 0.6 is 23.2 Å². The molecule has 1 aromatic rings. The highest BCUT2D eigenvalue weighted by atomic mass is 35.5. The van der Waals surface area contributed by atoms with E-state index in [1.165, 1.54) is 6.20 Å². The Morgan fingerprint density at radius 1 is 1.36 bits per heavy atom. The molecule has 4 nitrogen and oxygen atoms in total. The van der Waals surface area contributed by atoms with Crippen LogP contribution in [0.15, 0.2) is 12.3 Å². The number of hydrogen-bond acceptors (Lipinski definition) is 3. The molecule has 0 spiro atoms. The number of carbonyl (C=O) groups excluding carboxylic acids is 1. The number of fused-ring (bicyclic) bond motifs is 2. The maximum absolute atomic E-state index is 13.0. The third kappa shape index (κ3) is 1.87. The zero-order valence-corrected chi connectivity index (χ0v) is 14.4. The van der Waals surface area contributed by atoms with E-state index >= 15 is 0 Å². The molecular formula is C16H20Cl2N2O2. The monoisotopic (exact) mass is 342 g/mol. The fourth-order valence-corrected chi connectivity index (χ4v) is 4.79. The smallest absolute Gasteiger partial charge is 0.232 e. The third-order valence-corrected chi connectivity index (χ3v) is 6.94. The van der Waals surface area contributed by atoms with Crippen LogP contribution in [0.1, 0.15) is 40.0 Å². The van der Waals surface area contributed by atoms with Crippen LogP contribution in [0.4, 0.5) is 5.82 Å². The Balaban J connectivity index is 1.93. The Bertz CT molecular complexity index is 649. The molecule has 6 heteroatoms. The minimum atomic E-state index is -0.591. The van der Waals surface area contributed by atoms with E-state index in [1.807, 2.05) is 0 Å². The van der Waals surface area contributed by atoms with Gasteiger partial charge in [-0.2, -0.15) is 0 Å². The highest BCUT2D eigenvalue weighted by Crippen LogP contribution is 2.72. The lowest BCUT2D eigenvalue weighted by Gasteiger charge is -2.40. The van der Waals surface area contributed by atoms with Crippen molar-refractivity contribution in [2.75, 3.05) is 5.32 Å². The molecule has 0 radical (unpaired) electrons.